The molecule has 0 amide bonds. The van der Waals surface area contributed by atoms with Crippen LogP contribution in [-0.2, 0) is 0 Å². The standard InChI is InChI=1S/C49H28N4/c50-29-30-23-32-17-18-33-25-34(26-47-49(33)48(32)46(24-30)53(47)35-9-2-1-3-10-35)40-27-41-38-13-6-7-14-39(38)43(28-42(41)37-12-5-4-11-36(37)40)45-16-8-15-44(52-45)31-19-21-51-22-20-31/h1-28H. The van der Waals surface area contributed by atoms with Crippen molar-refractivity contribution in [3.63, 3.8) is 0 Å². The molecule has 0 N–H and O–H groups in total. The Labute approximate surface area is 304 Å². The maximum atomic E-state index is 9.98. The number of pyridine rings is 2. The Hall–Kier alpha value is -7.35. The molecule has 3 heterocycles. The van der Waals surface area contributed by atoms with Crippen LogP contribution in [0.15, 0.2) is 170 Å². The van der Waals surface area contributed by atoms with Gasteiger partial charge in [-0.05, 0) is 127 Å². The highest BCUT2D eigenvalue weighted by Gasteiger charge is 2.21. The van der Waals surface area contributed by atoms with E-state index in [-0.39, 0.29) is 0 Å². The molecule has 4 heteroatoms. The van der Waals surface area contributed by atoms with Crippen molar-refractivity contribution in [3.05, 3.63) is 176 Å². The monoisotopic (exact) mass is 672 g/mol. The van der Waals surface area contributed by atoms with Gasteiger partial charge in [0.25, 0.3) is 0 Å². The minimum absolute atomic E-state index is 0.659. The van der Waals surface area contributed by atoms with Crippen molar-refractivity contribution in [2.75, 3.05) is 0 Å². The summed E-state index contributed by atoms with van der Waals surface area (Å²) < 4.78 is 2.33. The quantitative estimate of drug-likeness (QED) is 0.175. The van der Waals surface area contributed by atoms with Crippen molar-refractivity contribution >= 4 is 64.9 Å². The van der Waals surface area contributed by atoms with Gasteiger partial charge in [-0.25, -0.2) is 4.98 Å². The summed E-state index contributed by atoms with van der Waals surface area (Å²) in [5.74, 6) is 0. The van der Waals surface area contributed by atoms with E-state index in [1.807, 2.05) is 42.7 Å². The molecule has 0 spiro atoms. The van der Waals surface area contributed by atoms with E-state index in [2.05, 4.69) is 143 Å². The lowest BCUT2D eigenvalue weighted by molar-refractivity contribution is 1.18. The molecule has 244 valence electrons. The molecule has 3 aromatic heterocycles. The highest BCUT2D eigenvalue weighted by atomic mass is 15.0. The Morgan fingerprint density at radius 3 is 1.77 bits per heavy atom. The van der Waals surface area contributed by atoms with Crippen LogP contribution >= 0.6 is 0 Å². The molecule has 0 fully saturated rings. The molecule has 53 heavy (non-hydrogen) atoms. The molecule has 4 nitrogen and oxygen atoms in total. The molecule has 11 aromatic rings. The Morgan fingerprint density at radius 1 is 0.453 bits per heavy atom. The van der Waals surface area contributed by atoms with Crippen molar-refractivity contribution in [2.45, 2.75) is 0 Å². The van der Waals surface area contributed by atoms with Crippen molar-refractivity contribution in [3.8, 4) is 45.4 Å². The highest BCUT2D eigenvalue weighted by Crippen LogP contribution is 2.45. The van der Waals surface area contributed by atoms with E-state index in [9.17, 15) is 5.26 Å². The number of benzene rings is 8. The van der Waals surface area contributed by atoms with E-state index in [0.29, 0.717) is 5.56 Å². The van der Waals surface area contributed by atoms with Gasteiger partial charge < -0.3 is 4.57 Å². The minimum atomic E-state index is 0.659. The second-order valence-corrected chi connectivity index (χ2v) is 13.7. The van der Waals surface area contributed by atoms with E-state index in [0.717, 1.165) is 50.2 Å². The summed E-state index contributed by atoms with van der Waals surface area (Å²) in [7, 11) is 0. The van der Waals surface area contributed by atoms with E-state index >= 15 is 0 Å². The van der Waals surface area contributed by atoms with Crippen LogP contribution in [0.3, 0.4) is 0 Å². The predicted molar refractivity (Wildman–Crippen MR) is 219 cm³/mol. The molecule has 0 aliphatic heterocycles. The molecule has 11 rings (SSSR count). The normalized spacial score (nSPS) is 11.8. The number of fused-ring (bicyclic) bond motifs is 5. The molecule has 0 bridgehead atoms. The third-order valence-corrected chi connectivity index (χ3v) is 10.8. The summed E-state index contributed by atoms with van der Waals surface area (Å²) >= 11 is 0. The summed E-state index contributed by atoms with van der Waals surface area (Å²) in [4.78, 5) is 9.38. The molecule has 0 aliphatic carbocycles. The number of rotatable bonds is 4. The summed E-state index contributed by atoms with van der Waals surface area (Å²) in [6.07, 6.45) is 3.62. The average Bonchev–Trinajstić information content (AvgIpc) is 3.57. The van der Waals surface area contributed by atoms with Crippen molar-refractivity contribution < 1.29 is 0 Å². The smallest absolute Gasteiger partial charge is 0.0992 e. The van der Waals surface area contributed by atoms with Gasteiger partial charge in [-0.15, -0.1) is 0 Å². The van der Waals surface area contributed by atoms with Gasteiger partial charge in [0.2, 0.25) is 0 Å². The van der Waals surface area contributed by atoms with Crippen LogP contribution in [0.25, 0.3) is 104 Å². The SMILES string of the molecule is N#Cc1cc2ccc3cc(-c4cc5c6ccccc6c(-c6cccc(-c7ccncc7)n6)cc5c5ccccc45)cc4c3c2c(c1)n4-c1ccccc1. The van der Waals surface area contributed by atoms with Crippen LogP contribution < -0.4 is 0 Å². The lowest BCUT2D eigenvalue weighted by atomic mass is 9.88. The molecule has 0 saturated heterocycles. The summed E-state index contributed by atoms with van der Waals surface area (Å²) in [5, 5.41) is 21.8. The van der Waals surface area contributed by atoms with E-state index in [1.165, 1.54) is 54.0 Å². The largest absolute Gasteiger partial charge is 0.309 e. The third-order valence-electron chi connectivity index (χ3n) is 10.8. The number of nitrogens with zero attached hydrogens (tertiary/aromatic N) is 4. The van der Waals surface area contributed by atoms with Gasteiger partial charge in [0.1, 0.15) is 0 Å². The first-order valence-corrected chi connectivity index (χ1v) is 17.8. The fourth-order valence-corrected chi connectivity index (χ4v) is 8.51. The molecule has 0 aliphatic rings. The number of hydrogen-bond donors (Lipinski definition) is 0. The zero-order valence-electron chi connectivity index (χ0n) is 28.5. The number of para-hydroxylation sites is 1. The Bertz CT molecular complexity index is 3280. The lowest BCUT2D eigenvalue weighted by Gasteiger charge is -2.17. The van der Waals surface area contributed by atoms with Crippen LogP contribution in [-0.4, -0.2) is 14.5 Å². The van der Waals surface area contributed by atoms with Crippen molar-refractivity contribution in [1.82, 2.24) is 14.5 Å². The third kappa shape index (κ3) is 4.41. The van der Waals surface area contributed by atoms with Gasteiger partial charge in [-0.1, -0.05) is 84.9 Å². The maximum absolute atomic E-state index is 9.98. The molecular formula is C49H28N4. The molecular weight excluding hydrogens is 645 g/mol. The van der Waals surface area contributed by atoms with Gasteiger partial charge in [0, 0.05) is 40.0 Å². The maximum Gasteiger partial charge on any atom is 0.0992 e. The lowest BCUT2D eigenvalue weighted by Crippen LogP contribution is -1.94. The first kappa shape index (κ1) is 29.4. The predicted octanol–water partition coefficient (Wildman–Crippen LogP) is 12.5. The fraction of sp³-hybridized carbons (Fsp3) is 0. The number of aromatic nitrogens is 3. The summed E-state index contributed by atoms with van der Waals surface area (Å²) in [6.45, 7) is 0. The highest BCUT2D eigenvalue weighted by molar-refractivity contribution is 6.27. The van der Waals surface area contributed by atoms with E-state index < -0.39 is 0 Å². The van der Waals surface area contributed by atoms with Crippen LogP contribution in [0.1, 0.15) is 5.56 Å². The zero-order chi connectivity index (χ0) is 35.0. The van der Waals surface area contributed by atoms with Crippen LogP contribution in [0, 0.1) is 11.3 Å². The first-order valence-electron chi connectivity index (χ1n) is 17.8. The summed E-state index contributed by atoms with van der Waals surface area (Å²) in [5.41, 5.74) is 10.3. The second-order valence-electron chi connectivity index (χ2n) is 13.7. The molecule has 0 atom stereocenters. The van der Waals surface area contributed by atoms with Crippen LogP contribution in [0.5, 0.6) is 0 Å². The Kier molecular flexibility index (Phi) is 6.28. The molecule has 0 unspecified atom stereocenters. The van der Waals surface area contributed by atoms with Gasteiger partial charge in [-0.3, -0.25) is 4.98 Å². The van der Waals surface area contributed by atoms with Gasteiger partial charge in [0.05, 0.1) is 34.1 Å². The van der Waals surface area contributed by atoms with Gasteiger partial charge in [0.15, 0.2) is 0 Å². The zero-order valence-corrected chi connectivity index (χ0v) is 28.5. The summed E-state index contributed by atoms with van der Waals surface area (Å²) in [6, 6.07) is 58.4. The topological polar surface area (TPSA) is 54.5 Å². The number of nitriles is 1. The Morgan fingerprint density at radius 2 is 1.06 bits per heavy atom. The fourth-order valence-electron chi connectivity index (χ4n) is 8.51. The second kappa shape index (κ2) is 11.3. The van der Waals surface area contributed by atoms with Gasteiger partial charge >= 0.3 is 0 Å². The average molecular weight is 673 g/mol. The number of hydrogen-bond acceptors (Lipinski definition) is 3. The first-order chi connectivity index (χ1) is 26.2. The van der Waals surface area contributed by atoms with Crippen molar-refractivity contribution in [2.24, 2.45) is 0 Å². The molecule has 8 aromatic carbocycles. The van der Waals surface area contributed by atoms with Gasteiger partial charge in [-0.2, -0.15) is 5.26 Å². The molecule has 0 radical (unpaired) electrons. The van der Waals surface area contributed by atoms with Crippen LogP contribution in [0.2, 0.25) is 0 Å². The molecule has 0 saturated carbocycles. The van der Waals surface area contributed by atoms with Crippen molar-refractivity contribution in [1.29, 1.82) is 5.26 Å². The van der Waals surface area contributed by atoms with E-state index in [1.54, 1.807) is 0 Å². The van der Waals surface area contributed by atoms with Crippen LogP contribution in [0.4, 0.5) is 0 Å². The minimum Gasteiger partial charge on any atom is -0.309 e. The Balaban J connectivity index is 1.21. The van der Waals surface area contributed by atoms with E-state index in [4.69, 9.17) is 4.98 Å².